The summed E-state index contributed by atoms with van der Waals surface area (Å²) in [7, 11) is 4.88. The predicted octanol–water partition coefficient (Wildman–Crippen LogP) is 3.86. The molecule has 0 fully saturated rings. The van der Waals surface area contributed by atoms with Crippen LogP contribution in [0, 0.1) is 0 Å². The van der Waals surface area contributed by atoms with E-state index in [0.717, 1.165) is 17.0 Å². The molecule has 1 aromatic heterocycles. The normalized spacial score (nSPS) is 10.2. The molecule has 0 bridgehead atoms. The SMILES string of the molecule is COc1ccc(CNc2ccnc(Nc3cc(OC)ccc3OC)n2)cc1. The van der Waals surface area contributed by atoms with Crippen LogP contribution < -0.4 is 24.8 Å². The molecule has 3 aromatic rings. The Hall–Kier alpha value is -3.48. The van der Waals surface area contributed by atoms with Crippen molar-refractivity contribution in [2.24, 2.45) is 0 Å². The van der Waals surface area contributed by atoms with Gasteiger partial charge >= 0.3 is 0 Å². The van der Waals surface area contributed by atoms with Crippen molar-refractivity contribution in [3.63, 3.8) is 0 Å². The maximum atomic E-state index is 5.37. The van der Waals surface area contributed by atoms with Crippen molar-refractivity contribution >= 4 is 17.5 Å². The van der Waals surface area contributed by atoms with E-state index < -0.39 is 0 Å². The minimum atomic E-state index is 0.460. The lowest BCUT2D eigenvalue weighted by Gasteiger charge is -2.12. The Morgan fingerprint density at radius 3 is 2.30 bits per heavy atom. The lowest BCUT2D eigenvalue weighted by atomic mass is 10.2. The molecule has 0 aliphatic rings. The van der Waals surface area contributed by atoms with Crippen LogP contribution in [-0.4, -0.2) is 31.3 Å². The predicted molar refractivity (Wildman–Crippen MR) is 105 cm³/mol. The first-order valence-electron chi connectivity index (χ1n) is 8.40. The molecule has 0 aliphatic heterocycles. The van der Waals surface area contributed by atoms with Gasteiger partial charge in [-0.15, -0.1) is 0 Å². The molecule has 0 unspecified atom stereocenters. The minimum Gasteiger partial charge on any atom is -0.497 e. The quantitative estimate of drug-likeness (QED) is 0.627. The number of hydrogen-bond donors (Lipinski definition) is 2. The van der Waals surface area contributed by atoms with E-state index in [0.29, 0.717) is 29.8 Å². The van der Waals surface area contributed by atoms with Gasteiger partial charge in [-0.3, -0.25) is 0 Å². The summed E-state index contributed by atoms with van der Waals surface area (Å²) in [4.78, 5) is 8.76. The Morgan fingerprint density at radius 1 is 0.852 bits per heavy atom. The number of aromatic nitrogens is 2. The summed E-state index contributed by atoms with van der Waals surface area (Å²) in [5, 5.41) is 6.46. The number of benzene rings is 2. The number of nitrogens with zero attached hydrogens (tertiary/aromatic N) is 2. The third-order valence-electron chi connectivity index (χ3n) is 3.94. The van der Waals surface area contributed by atoms with E-state index in [2.05, 4.69) is 20.6 Å². The largest absolute Gasteiger partial charge is 0.497 e. The average molecular weight is 366 g/mol. The molecule has 2 aromatic carbocycles. The Labute approximate surface area is 158 Å². The summed E-state index contributed by atoms with van der Waals surface area (Å²) in [5.41, 5.74) is 1.85. The highest BCUT2D eigenvalue weighted by Crippen LogP contribution is 2.30. The smallest absolute Gasteiger partial charge is 0.229 e. The number of anilines is 3. The standard InChI is InChI=1S/C20H22N4O3/c1-25-15-6-4-14(5-7-15)13-22-19-10-11-21-20(24-19)23-17-12-16(26-2)8-9-18(17)27-3/h4-12H,13H2,1-3H3,(H2,21,22,23,24). The lowest BCUT2D eigenvalue weighted by Crippen LogP contribution is -2.05. The van der Waals surface area contributed by atoms with Crippen LogP contribution in [0.25, 0.3) is 0 Å². The average Bonchev–Trinajstić information content (AvgIpc) is 2.73. The Morgan fingerprint density at radius 2 is 1.59 bits per heavy atom. The van der Waals surface area contributed by atoms with Crippen molar-refractivity contribution in [3.05, 3.63) is 60.3 Å². The zero-order chi connectivity index (χ0) is 19.1. The summed E-state index contributed by atoms with van der Waals surface area (Å²) >= 11 is 0. The van der Waals surface area contributed by atoms with Gasteiger partial charge in [-0.1, -0.05) is 12.1 Å². The van der Waals surface area contributed by atoms with Crippen molar-refractivity contribution in [1.29, 1.82) is 0 Å². The van der Waals surface area contributed by atoms with Crippen molar-refractivity contribution in [2.75, 3.05) is 32.0 Å². The fourth-order valence-corrected chi connectivity index (χ4v) is 2.49. The van der Waals surface area contributed by atoms with Crippen LogP contribution in [0.2, 0.25) is 0 Å². The van der Waals surface area contributed by atoms with Crippen molar-refractivity contribution in [2.45, 2.75) is 6.54 Å². The van der Waals surface area contributed by atoms with Crippen LogP contribution >= 0.6 is 0 Å². The molecular weight excluding hydrogens is 344 g/mol. The summed E-state index contributed by atoms with van der Waals surface area (Å²) < 4.78 is 15.8. The third kappa shape index (κ3) is 4.78. The first kappa shape index (κ1) is 18.3. The fourth-order valence-electron chi connectivity index (χ4n) is 2.49. The molecule has 0 atom stereocenters. The Bertz CT molecular complexity index is 885. The van der Waals surface area contributed by atoms with E-state index in [-0.39, 0.29) is 0 Å². The Balaban J connectivity index is 1.70. The van der Waals surface area contributed by atoms with Crippen LogP contribution in [0.15, 0.2) is 54.7 Å². The molecule has 1 heterocycles. The maximum absolute atomic E-state index is 5.37. The summed E-state index contributed by atoms with van der Waals surface area (Å²) in [6.45, 7) is 0.642. The number of methoxy groups -OCH3 is 3. The first-order chi connectivity index (χ1) is 13.2. The Kier molecular flexibility index (Phi) is 5.94. The van der Waals surface area contributed by atoms with Gasteiger partial charge in [0, 0.05) is 18.8 Å². The van der Waals surface area contributed by atoms with E-state index in [1.807, 2.05) is 48.5 Å². The number of ether oxygens (including phenoxy) is 3. The van der Waals surface area contributed by atoms with E-state index in [1.54, 1.807) is 27.5 Å². The zero-order valence-corrected chi connectivity index (χ0v) is 15.5. The van der Waals surface area contributed by atoms with E-state index >= 15 is 0 Å². The molecule has 140 valence electrons. The van der Waals surface area contributed by atoms with Gasteiger partial charge < -0.3 is 24.8 Å². The fraction of sp³-hybridized carbons (Fsp3) is 0.200. The summed E-state index contributed by atoms with van der Waals surface area (Å²) in [6.07, 6.45) is 1.69. The van der Waals surface area contributed by atoms with Crippen LogP contribution in [-0.2, 0) is 6.54 Å². The number of nitrogens with one attached hydrogen (secondary N) is 2. The van der Waals surface area contributed by atoms with Gasteiger partial charge in [0.05, 0.1) is 27.0 Å². The molecule has 0 radical (unpaired) electrons. The molecule has 2 N–H and O–H groups in total. The second-order valence-electron chi connectivity index (χ2n) is 5.66. The monoisotopic (exact) mass is 366 g/mol. The van der Waals surface area contributed by atoms with E-state index in [4.69, 9.17) is 14.2 Å². The molecule has 7 heteroatoms. The van der Waals surface area contributed by atoms with Gasteiger partial charge in [0.2, 0.25) is 5.95 Å². The van der Waals surface area contributed by atoms with Crippen LogP contribution in [0.4, 0.5) is 17.5 Å². The van der Waals surface area contributed by atoms with Crippen molar-refractivity contribution in [1.82, 2.24) is 9.97 Å². The topological polar surface area (TPSA) is 77.5 Å². The molecule has 3 rings (SSSR count). The number of hydrogen-bond acceptors (Lipinski definition) is 7. The highest BCUT2D eigenvalue weighted by Gasteiger charge is 2.07. The summed E-state index contributed by atoms with van der Waals surface area (Å²) in [5.74, 6) is 3.40. The number of rotatable bonds is 8. The molecule has 0 spiro atoms. The summed E-state index contributed by atoms with van der Waals surface area (Å²) in [6, 6.07) is 15.2. The molecule has 0 saturated heterocycles. The van der Waals surface area contributed by atoms with Gasteiger partial charge in [0.15, 0.2) is 0 Å². The second-order valence-corrected chi connectivity index (χ2v) is 5.66. The minimum absolute atomic E-state index is 0.460. The van der Waals surface area contributed by atoms with Crippen molar-refractivity contribution < 1.29 is 14.2 Å². The highest BCUT2D eigenvalue weighted by molar-refractivity contribution is 5.65. The van der Waals surface area contributed by atoms with Crippen molar-refractivity contribution in [3.8, 4) is 17.2 Å². The molecule has 0 amide bonds. The van der Waals surface area contributed by atoms with E-state index in [1.165, 1.54) is 0 Å². The first-order valence-corrected chi connectivity index (χ1v) is 8.40. The van der Waals surface area contributed by atoms with Gasteiger partial charge in [0.1, 0.15) is 23.1 Å². The molecule has 0 aliphatic carbocycles. The molecule has 27 heavy (non-hydrogen) atoms. The highest BCUT2D eigenvalue weighted by atomic mass is 16.5. The second kappa shape index (κ2) is 8.75. The van der Waals surface area contributed by atoms with Crippen LogP contribution in [0.3, 0.4) is 0 Å². The van der Waals surface area contributed by atoms with Gasteiger partial charge in [0.25, 0.3) is 0 Å². The third-order valence-corrected chi connectivity index (χ3v) is 3.94. The van der Waals surface area contributed by atoms with Gasteiger partial charge in [-0.25, -0.2) is 4.98 Å². The molecule has 0 saturated carbocycles. The van der Waals surface area contributed by atoms with Gasteiger partial charge in [-0.05, 0) is 35.9 Å². The van der Waals surface area contributed by atoms with Crippen LogP contribution in [0.1, 0.15) is 5.56 Å². The zero-order valence-electron chi connectivity index (χ0n) is 15.5. The van der Waals surface area contributed by atoms with Crippen LogP contribution in [0.5, 0.6) is 17.2 Å². The van der Waals surface area contributed by atoms with E-state index in [9.17, 15) is 0 Å². The van der Waals surface area contributed by atoms with Gasteiger partial charge in [-0.2, -0.15) is 4.98 Å². The molecule has 7 nitrogen and oxygen atoms in total. The lowest BCUT2D eigenvalue weighted by molar-refractivity contribution is 0.405. The maximum Gasteiger partial charge on any atom is 0.229 e. The molecular formula is C20H22N4O3.